The standard InChI is InChI=1S/C17H16N2O3S/c1-3-15-18-16(17(21)19(15)8-9-22-11(2)20)14-10-12-6-4-5-7-13(12)23-14/h3-7,10,16H,1,8-9H2,2H3. The summed E-state index contributed by atoms with van der Waals surface area (Å²) < 4.78 is 6.04. The van der Waals surface area contributed by atoms with Gasteiger partial charge in [-0.15, -0.1) is 11.3 Å². The Morgan fingerprint density at radius 2 is 2.26 bits per heavy atom. The summed E-state index contributed by atoms with van der Waals surface area (Å²) >= 11 is 1.57. The second-order valence-electron chi connectivity index (χ2n) is 5.11. The number of fused-ring (bicyclic) bond motifs is 1. The average Bonchev–Trinajstić information content (AvgIpc) is 3.08. The molecule has 1 unspecified atom stereocenters. The second kappa shape index (κ2) is 6.34. The first kappa shape index (κ1) is 15.4. The minimum absolute atomic E-state index is 0.112. The molecule has 118 valence electrons. The molecule has 0 radical (unpaired) electrons. The smallest absolute Gasteiger partial charge is 0.302 e. The van der Waals surface area contributed by atoms with E-state index in [1.54, 1.807) is 17.4 Å². The molecule has 5 nitrogen and oxygen atoms in total. The van der Waals surface area contributed by atoms with E-state index >= 15 is 0 Å². The van der Waals surface area contributed by atoms with Gasteiger partial charge in [-0.05, 0) is 23.6 Å². The number of esters is 1. The predicted octanol–water partition coefficient (Wildman–Crippen LogP) is 2.93. The normalized spacial score (nSPS) is 17.4. The van der Waals surface area contributed by atoms with Gasteiger partial charge in [-0.3, -0.25) is 14.5 Å². The summed E-state index contributed by atoms with van der Waals surface area (Å²) in [6.07, 6.45) is 1.55. The Morgan fingerprint density at radius 3 is 2.96 bits per heavy atom. The van der Waals surface area contributed by atoms with Crippen molar-refractivity contribution in [2.45, 2.75) is 13.0 Å². The van der Waals surface area contributed by atoms with Crippen molar-refractivity contribution in [1.82, 2.24) is 4.90 Å². The van der Waals surface area contributed by atoms with Gasteiger partial charge in [-0.1, -0.05) is 24.8 Å². The highest BCUT2D eigenvalue weighted by Crippen LogP contribution is 2.35. The van der Waals surface area contributed by atoms with Crippen molar-refractivity contribution in [3.63, 3.8) is 0 Å². The minimum Gasteiger partial charge on any atom is -0.464 e. The van der Waals surface area contributed by atoms with E-state index in [0.29, 0.717) is 5.84 Å². The van der Waals surface area contributed by atoms with Crippen molar-refractivity contribution in [2.75, 3.05) is 13.2 Å². The maximum atomic E-state index is 12.7. The molecule has 0 aliphatic carbocycles. The first-order valence-electron chi connectivity index (χ1n) is 7.23. The van der Waals surface area contributed by atoms with Crippen molar-refractivity contribution in [1.29, 1.82) is 0 Å². The van der Waals surface area contributed by atoms with Gasteiger partial charge in [0.05, 0.1) is 6.54 Å². The Hall–Kier alpha value is -2.47. The highest BCUT2D eigenvalue weighted by molar-refractivity contribution is 7.19. The summed E-state index contributed by atoms with van der Waals surface area (Å²) in [7, 11) is 0. The van der Waals surface area contributed by atoms with Gasteiger partial charge in [0, 0.05) is 16.5 Å². The molecular formula is C17H16N2O3S. The fourth-order valence-electron chi connectivity index (χ4n) is 2.51. The van der Waals surface area contributed by atoms with Gasteiger partial charge in [0.2, 0.25) is 0 Å². The van der Waals surface area contributed by atoms with E-state index in [1.165, 1.54) is 11.8 Å². The number of carbonyl (C=O) groups is 2. The molecule has 3 rings (SSSR count). The van der Waals surface area contributed by atoms with Crippen LogP contribution in [0.15, 0.2) is 48.0 Å². The number of nitrogens with zero attached hydrogens (tertiary/aromatic N) is 2. The molecular weight excluding hydrogens is 312 g/mol. The van der Waals surface area contributed by atoms with Crippen LogP contribution in [0.5, 0.6) is 0 Å². The lowest BCUT2D eigenvalue weighted by Gasteiger charge is -2.16. The zero-order valence-electron chi connectivity index (χ0n) is 12.7. The van der Waals surface area contributed by atoms with Gasteiger partial charge in [-0.2, -0.15) is 0 Å². The van der Waals surface area contributed by atoms with Crippen LogP contribution in [0.25, 0.3) is 10.1 Å². The fourth-order valence-corrected chi connectivity index (χ4v) is 3.60. The lowest BCUT2D eigenvalue weighted by atomic mass is 10.2. The molecule has 0 spiro atoms. The first-order chi connectivity index (χ1) is 11.1. The van der Waals surface area contributed by atoms with Crippen LogP contribution in [0.2, 0.25) is 0 Å². The number of hydrogen-bond donors (Lipinski definition) is 0. The van der Waals surface area contributed by atoms with Crippen LogP contribution in [-0.2, 0) is 14.3 Å². The molecule has 1 aromatic heterocycles. The van der Waals surface area contributed by atoms with Crippen LogP contribution in [-0.4, -0.2) is 35.8 Å². The monoisotopic (exact) mass is 328 g/mol. The summed E-state index contributed by atoms with van der Waals surface area (Å²) in [5.41, 5.74) is 0. The Kier molecular flexibility index (Phi) is 4.25. The van der Waals surface area contributed by atoms with Crippen LogP contribution in [0.3, 0.4) is 0 Å². The maximum absolute atomic E-state index is 12.7. The SMILES string of the molecule is C=CC1=NC(c2cc3ccccc3s2)C(=O)N1CCOC(C)=O. The molecule has 2 aromatic rings. The van der Waals surface area contributed by atoms with Crippen molar-refractivity contribution < 1.29 is 14.3 Å². The molecule has 0 saturated heterocycles. The molecule has 1 aliphatic heterocycles. The Morgan fingerprint density at radius 1 is 1.48 bits per heavy atom. The zero-order chi connectivity index (χ0) is 16.4. The Bertz CT molecular complexity index is 776. The highest BCUT2D eigenvalue weighted by atomic mass is 32.1. The molecule has 1 amide bonds. The number of thiophene rings is 1. The largest absolute Gasteiger partial charge is 0.464 e. The Labute approximate surface area is 137 Å². The van der Waals surface area contributed by atoms with Crippen LogP contribution in [0.1, 0.15) is 17.8 Å². The molecule has 1 aliphatic rings. The van der Waals surface area contributed by atoms with Crippen molar-refractivity contribution >= 4 is 39.1 Å². The average molecular weight is 328 g/mol. The summed E-state index contributed by atoms with van der Waals surface area (Å²) in [5, 5.41) is 1.11. The molecule has 2 heterocycles. The van der Waals surface area contributed by atoms with Gasteiger partial charge in [0.15, 0.2) is 6.04 Å². The van der Waals surface area contributed by atoms with Crippen LogP contribution < -0.4 is 0 Å². The first-order valence-corrected chi connectivity index (χ1v) is 8.05. The van der Waals surface area contributed by atoms with Crippen molar-refractivity contribution in [3.8, 4) is 0 Å². The van der Waals surface area contributed by atoms with E-state index < -0.39 is 6.04 Å². The summed E-state index contributed by atoms with van der Waals surface area (Å²) in [4.78, 5) is 30.4. The number of rotatable bonds is 5. The van der Waals surface area contributed by atoms with E-state index in [0.717, 1.165) is 15.0 Å². The van der Waals surface area contributed by atoms with Gasteiger partial charge in [-0.25, -0.2) is 4.99 Å². The number of carbonyl (C=O) groups excluding carboxylic acids is 2. The number of ether oxygens (including phenoxy) is 1. The zero-order valence-corrected chi connectivity index (χ0v) is 13.5. The second-order valence-corrected chi connectivity index (χ2v) is 6.23. The quantitative estimate of drug-likeness (QED) is 0.793. The van der Waals surface area contributed by atoms with E-state index in [9.17, 15) is 9.59 Å². The number of aliphatic imine (C=N–C) groups is 1. The summed E-state index contributed by atoms with van der Waals surface area (Å²) in [6.45, 7) is 5.48. The fraction of sp³-hybridized carbons (Fsp3) is 0.235. The van der Waals surface area contributed by atoms with Crippen molar-refractivity contribution in [3.05, 3.63) is 47.9 Å². The summed E-state index contributed by atoms with van der Waals surface area (Å²) in [6, 6.07) is 9.45. The Balaban J connectivity index is 1.83. The van der Waals surface area contributed by atoms with Gasteiger partial charge in [0.25, 0.3) is 5.91 Å². The molecule has 0 saturated carbocycles. The van der Waals surface area contributed by atoms with Crippen LogP contribution in [0, 0.1) is 0 Å². The molecule has 1 atom stereocenters. The molecule has 1 aromatic carbocycles. The van der Waals surface area contributed by atoms with Gasteiger partial charge >= 0.3 is 5.97 Å². The lowest BCUT2D eigenvalue weighted by molar-refractivity contribution is -0.142. The maximum Gasteiger partial charge on any atom is 0.302 e. The van der Waals surface area contributed by atoms with Gasteiger partial charge < -0.3 is 4.74 Å². The van der Waals surface area contributed by atoms with Gasteiger partial charge in [0.1, 0.15) is 12.4 Å². The topological polar surface area (TPSA) is 59.0 Å². The van der Waals surface area contributed by atoms with E-state index in [2.05, 4.69) is 11.6 Å². The van der Waals surface area contributed by atoms with Crippen LogP contribution in [0.4, 0.5) is 0 Å². The molecule has 0 fully saturated rings. The molecule has 0 bridgehead atoms. The molecule has 0 N–H and O–H groups in total. The number of benzene rings is 1. The number of amides is 1. The molecule has 23 heavy (non-hydrogen) atoms. The minimum atomic E-state index is -0.544. The van der Waals surface area contributed by atoms with E-state index in [1.807, 2.05) is 30.3 Å². The van der Waals surface area contributed by atoms with E-state index in [4.69, 9.17) is 4.74 Å². The lowest BCUT2D eigenvalue weighted by Crippen LogP contribution is -2.35. The van der Waals surface area contributed by atoms with Crippen molar-refractivity contribution in [2.24, 2.45) is 4.99 Å². The van der Waals surface area contributed by atoms with E-state index in [-0.39, 0.29) is 25.0 Å². The number of hydrogen-bond acceptors (Lipinski definition) is 5. The highest BCUT2D eigenvalue weighted by Gasteiger charge is 2.35. The van der Waals surface area contributed by atoms with Crippen LogP contribution >= 0.6 is 11.3 Å². The number of amidine groups is 1. The third-order valence-electron chi connectivity index (χ3n) is 3.55. The third kappa shape index (κ3) is 3.03. The summed E-state index contributed by atoms with van der Waals surface area (Å²) in [5.74, 6) is 0.0398. The third-order valence-corrected chi connectivity index (χ3v) is 4.72. The predicted molar refractivity (Wildman–Crippen MR) is 90.5 cm³/mol. The molecule has 6 heteroatoms.